The number of H-pyrrole nitrogens is 1. The van der Waals surface area contributed by atoms with Crippen LogP contribution in [0.4, 0.5) is 5.69 Å². The van der Waals surface area contributed by atoms with E-state index in [1.807, 2.05) is 73.7 Å². The molecule has 5 aromatic rings. The Morgan fingerprint density at radius 1 is 1.02 bits per heavy atom. The summed E-state index contributed by atoms with van der Waals surface area (Å²) in [5, 5.41) is 23.5. The molecule has 2 aromatic heterocycles. The molecule has 10 nitrogen and oxygen atoms in total. The smallest absolute Gasteiger partial charge is 0.258 e. The number of ether oxygens (including phenoxy) is 1. The third kappa shape index (κ3) is 5.26. The molecular weight excluding hydrogens is 506 g/mol. The number of phenolic OH excluding ortho intramolecular Hbond substituents is 1. The standard InChI is InChI=1S/C30H31N7O3/c1-2-40-25-12-13-27-22(18-25)19-26(30(39)31-27)28(29-32-33-34-37(29)20-21-6-4-3-5-7-21)36-16-14-35(15-17-36)23-8-10-24(38)11-9-23/h3-13,18-19,28,38H,2,14-17,20H2,1H3,(H,31,39)/p+1/t28-/m0/s1. The zero-order valence-electron chi connectivity index (χ0n) is 22.3. The molecule has 0 saturated carbocycles. The maximum absolute atomic E-state index is 13.6. The molecule has 3 heterocycles. The van der Waals surface area contributed by atoms with Gasteiger partial charge in [0.05, 0.1) is 44.9 Å². The van der Waals surface area contributed by atoms with Crippen molar-refractivity contribution in [2.75, 3.05) is 37.7 Å². The Kier molecular flexibility index (Phi) is 7.15. The number of phenols is 1. The number of hydrogen-bond donors (Lipinski definition) is 3. The van der Waals surface area contributed by atoms with Gasteiger partial charge in [-0.2, -0.15) is 0 Å². The van der Waals surface area contributed by atoms with Crippen LogP contribution in [0.2, 0.25) is 0 Å². The van der Waals surface area contributed by atoms with Gasteiger partial charge >= 0.3 is 0 Å². The zero-order valence-corrected chi connectivity index (χ0v) is 22.3. The molecule has 0 amide bonds. The molecule has 0 unspecified atom stereocenters. The van der Waals surface area contributed by atoms with Gasteiger partial charge in [0.25, 0.3) is 5.56 Å². The second-order valence-corrected chi connectivity index (χ2v) is 10.0. The molecule has 1 aliphatic rings. The summed E-state index contributed by atoms with van der Waals surface area (Å²) in [6.07, 6.45) is 0. The van der Waals surface area contributed by atoms with Crippen molar-refractivity contribution >= 4 is 16.6 Å². The van der Waals surface area contributed by atoms with E-state index in [4.69, 9.17) is 4.74 Å². The van der Waals surface area contributed by atoms with Gasteiger partial charge in [-0.3, -0.25) is 4.79 Å². The highest BCUT2D eigenvalue weighted by Gasteiger charge is 2.36. The highest BCUT2D eigenvalue weighted by atomic mass is 16.5. The first-order valence-corrected chi connectivity index (χ1v) is 13.6. The van der Waals surface area contributed by atoms with Crippen LogP contribution in [-0.2, 0) is 6.54 Å². The SMILES string of the molecule is CCOc1ccc2[nH]c(=O)c([C@@H](c3nnnn3Cc3ccccc3)[NH+]3CCN(c4ccc(O)cc4)CC3)cc2c1. The number of nitrogens with one attached hydrogen (secondary N) is 2. The van der Waals surface area contributed by atoms with Crippen LogP contribution in [0.15, 0.2) is 83.7 Å². The molecule has 1 atom stereocenters. The van der Waals surface area contributed by atoms with Crippen molar-refractivity contribution in [3.63, 3.8) is 0 Å². The van der Waals surface area contributed by atoms with Crippen LogP contribution in [0.1, 0.15) is 29.9 Å². The van der Waals surface area contributed by atoms with Crippen molar-refractivity contribution in [1.29, 1.82) is 0 Å². The predicted octanol–water partition coefficient (Wildman–Crippen LogP) is 2.16. The fourth-order valence-electron chi connectivity index (χ4n) is 5.51. The Bertz CT molecular complexity index is 1640. The van der Waals surface area contributed by atoms with E-state index in [2.05, 4.69) is 25.4 Å². The lowest BCUT2D eigenvalue weighted by Gasteiger charge is -2.37. The van der Waals surface area contributed by atoms with Gasteiger partial charge < -0.3 is 24.6 Å². The molecule has 3 aromatic carbocycles. The monoisotopic (exact) mass is 538 g/mol. The summed E-state index contributed by atoms with van der Waals surface area (Å²) in [7, 11) is 0. The summed E-state index contributed by atoms with van der Waals surface area (Å²) in [5.74, 6) is 1.66. The molecule has 1 aliphatic heterocycles. The Labute approximate surface area is 231 Å². The van der Waals surface area contributed by atoms with E-state index in [-0.39, 0.29) is 17.4 Å². The van der Waals surface area contributed by atoms with Crippen molar-refractivity contribution < 1.29 is 14.7 Å². The van der Waals surface area contributed by atoms with Crippen molar-refractivity contribution in [1.82, 2.24) is 25.2 Å². The van der Waals surface area contributed by atoms with E-state index in [1.165, 1.54) is 4.90 Å². The predicted molar refractivity (Wildman–Crippen MR) is 152 cm³/mol. The Hall–Kier alpha value is -4.70. The fraction of sp³-hybridized carbons (Fsp3) is 0.267. The van der Waals surface area contributed by atoms with Gasteiger partial charge in [0.1, 0.15) is 11.5 Å². The maximum atomic E-state index is 13.6. The van der Waals surface area contributed by atoms with Crippen LogP contribution in [0.5, 0.6) is 11.5 Å². The third-order valence-electron chi connectivity index (χ3n) is 7.49. The van der Waals surface area contributed by atoms with E-state index in [0.29, 0.717) is 24.5 Å². The number of quaternary nitrogens is 1. The average Bonchev–Trinajstić information content (AvgIpc) is 3.42. The van der Waals surface area contributed by atoms with Crippen molar-refractivity contribution in [2.45, 2.75) is 19.5 Å². The number of aromatic nitrogens is 5. The number of benzene rings is 3. The van der Waals surface area contributed by atoms with E-state index in [0.717, 1.165) is 54.1 Å². The fourth-order valence-corrected chi connectivity index (χ4v) is 5.51. The Morgan fingerprint density at radius 3 is 2.55 bits per heavy atom. The van der Waals surface area contributed by atoms with Crippen LogP contribution in [0, 0.1) is 0 Å². The van der Waals surface area contributed by atoms with Crippen LogP contribution in [-0.4, -0.2) is 63.1 Å². The van der Waals surface area contributed by atoms with Gasteiger partial charge in [0, 0.05) is 16.6 Å². The van der Waals surface area contributed by atoms with Gasteiger partial charge in [0.15, 0.2) is 6.04 Å². The van der Waals surface area contributed by atoms with Crippen molar-refractivity contribution in [3.05, 3.63) is 106 Å². The van der Waals surface area contributed by atoms with Crippen LogP contribution in [0.25, 0.3) is 10.9 Å². The number of fused-ring (bicyclic) bond motifs is 1. The van der Waals surface area contributed by atoms with Gasteiger partial charge in [-0.05, 0) is 71.4 Å². The van der Waals surface area contributed by atoms with Gasteiger partial charge in [-0.1, -0.05) is 30.3 Å². The minimum absolute atomic E-state index is 0.149. The topological polar surface area (TPSA) is 114 Å². The average molecular weight is 539 g/mol. The molecule has 3 N–H and O–H groups in total. The lowest BCUT2D eigenvalue weighted by Crippen LogP contribution is -3.15. The molecule has 0 spiro atoms. The second-order valence-electron chi connectivity index (χ2n) is 10.0. The van der Waals surface area contributed by atoms with E-state index >= 15 is 0 Å². The number of hydrogen-bond acceptors (Lipinski definition) is 7. The van der Waals surface area contributed by atoms with E-state index in [1.54, 1.807) is 16.8 Å². The highest BCUT2D eigenvalue weighted by Crippen LogP contribution is 2.24. The Morgan fingerprint density at radius 2 is 1.80 bits per heavy atom. The molecule has 10 heteroatoms. The summed E-state index contributed by atoms with van der Waals surface area (Å²) in [6.45, 7) is 6.15. The van der Waals surface area contributed by atoms with Gasteiger partial charge in [0.2, 0.25) is 5.82 Å². The zero-order chi connectivity index (χ0) is 27.5. The number of rotatable bonds is 8. The number of nitrogens with zero attached hydrogens (tertiary/aromatic N) is 5. The molecule has 6 rings (SSSR count). The summed E-state index contributed by atoms with van der Waals surface area (Å²) in [5.41, 5.74) is 3.37. The minimum Gasteiger partial charge on any atom is -0.508 e. The maximum Gasteiger partial charge on any atom is 0.258 e. The van der Waals surface area contributed by atoms with Gasteiger partial charge in [-0.15, -0.1) is 5.10 Å². The molecule has 0 radical (unpaired) electrons. The number of piperazine rings is 1. The molecule has 0 aliphatic carbocycles. The van der Waals surface area contributed by atoms with Crippen LogP contribution in [0.3, 0.4) is 0 Å². The molecule has 1 saturated heterocycles. The highest BCUT2D eigenvalue weighted by molar-refractivity contribution is 5.80. The first kappa shape index (κ1) is 25.6. The number of aromatic amines is 1. The van der Waals surface area contributed by atoms with Gasteiger partial charge in [-0.25, -0.2) is 4.68 Å². The summed E-state index contributed by atoms with van der Waals surface area (Å²) < 4.78 is 7.53. The third-order valence-corrected chi connectivity index (χ3v) is 7.49. The van der Waals surface area contributed by atoms with Crippen LogP contribution >= 0.6 is 0 Å². The lowest BCUT2D eigenvalue weighted by molar-refractivity contribution is -0.927. The summed E-state index contributed by atoms with van der Waals surface area (Å²) in [4.78, 5) is 20.2. The van der Waals surface area contributed by atoms with Crippen molar-refractivity contribution in [3.8, 4) is 11.5 Å². The first-order valence-electron chi connectivity index (χ1n) is 13.6. The molecule has 0 bridgehead atoms. The largest absolute Gasteiger partial charge is 0.508 e. The van der Waals surface area contributed by atoms with Crippen molar-refractivity contribution in [2.24, 2.45) is 0 Å². The van der Waals surface area contributed by atoms with E-state index < -0.39 is 0 Å². The quantitative estimate of drug-likeness (QED) is 0.278. The minimum atomic E-state index is -0.371. The molecular formula is C30H32N7O3+. The van der Waals surface area contributed by atoms with Crippen LogP contribution < -0.4 is 20.1 Å². The molecule has 1 fully saturated rings. The second kappa shape index (κ2) is 11.2. The Balaban J connectivity index is 1.38. The lowest BCUT2D eigenvalue weighted by atomic mass is 10.0. The number of tetrazole rings is 1. The number of pyridine rings is 1. The number of anilines is 1. The first-order chi connectivity index (χ1) is 19.6. The summed E-state index contributed by atoms with van der Waals surface area (Å²) >= 11 is 0. The summed E-state index contributed by atoms with van der Waals surface area (Å²) in [6, 6.07) is 24.6. The van der Waals surface area contributed by atoms with E-state index in [9.17, 15) is 9.90 Å². The normalized spacial score (nSPS) is 14.9. The molecule has 204 valence electrons. The number of aromatic hydroxyl groups is 1. The molecule has 40 heavy (non-hydrogen) atoms.